The molecule has 2 atom stereocenters. The molecule has 3 heterocycles. The fourth-order valence-corrected chi connectivity index (χ4v) is 3.60. The van der Waals surface area contributed by atoms with Crippen molar-refractivity contribution >= 4 is 34.1 Å². The van der Waals surface area contributed by atoms with Gasteiger partial charge in [-0.05, 0) is 48.6 Å². The van der Waals surface area contributed by atoms with Gasteiger partial charge in [-0.15, -0.1) is 0 Å². The Morgan fingerprint density at radius 2 is 2.19 bits per heavy atom. The highest BCUT2D eigenvalue weighted by atomic mass is 35.5. The van der Waals surface area contributed by atoms with Gasteiger partial charge >= 0.3 is 0 Å². The van der Waals surface area contributed by atoms with E-state index in [4.69, 9.17) is 16.3 Å². The lowest BCUT2D eigenvalue weighted by atomic mass is 10.2. The first-order chi connectivity index (χ1) is 13.2. The van der Waals surface area contributed by atoms with Gasteiger partial charge in [0, 0.05) is 19.3 Å². The summed E-state index contributed by atoms with van der Waals surface area (Å²) in [5.41, 5.74) is 2.90. The molecule has 1 aliphatic heterocycles. The Balaban J connectivity index is 1.60. The van der Waals surface area contributed by atoms with Crippen LogP contribution in [0.2, 0.25) is 5.28 Å². The predicted molar refractivity (Wildman–Crippen MR) is 107 cm³/mol. The molecule has 1 fully saturated rings. The maximum atomic E-state index is 6.19. The normalized spacial score (nSPS) is 19.5. The summed E-state index contributed by atoms with van der Waals surface area (Å²) in [5, 5.41) is 12.1. The standard InChI is InChI=1S/C19H23ClN6O/c1-3-14-7-8-16(27-14)26-18-15(11-23-26)17(24-19(20)25-18)22-10-12-5-4-6-13(9-12)21-2/h4-6,9,11,14,16,21H,3,7-8,10H2,1-2H3,(H,22,24,25). The smallest absolute Gasteiger partial charge is 0.226 e. The van der Waals surface area contributed by atoms with E-state index >= 15 is 0 Å². The Kier molecular flexibility index (Phi) is 5.13. The zero-order valence-electron chi connectivity index (χ0n) is 15.4. The average molecular weight is 387 g/mol. The first-order valence-electron chi connectivity index (χ1n) is 9.24. The minimum atomic E-state index is -0.0985. The Morgan fingerprint density at radius 1 is 1.30 bits per heavy atom. The van der Waals surface area contributed by atoms with E-state index in [9.17, 15) is 0 Å². The van der Waals surface area contributed by atoms with Crippen molar-refractivity contribution in [2.24, 2.45) is 0 Å². The summed E-state index contributed by atoms with van der Waals surface area (Å²) in [4.78, 5) is 8.76. The second kappa shape index (κ2) is 7.70. The van der Waals surface area contributed by atoms with Crippen molar-refractivity contribution in [2.45, 2.75) is 45.1 Å². The molecule has 0 aliphatic carbocycles. The van der Waals surface area contributed by atoms with E-state index in [0.717, 1.165) is 35.9 Å². The number of ether oxygens (including phenoxy) is 1. The van der Waals surface area contributed by atoms with Crippen LogP contribution >= 0.6 is 11.6 Å². The molecule has 8 heteroatoms. The first-order valence-corrected chi connectivity index (χ1v) is 9.62. The van der Waals surface area contributed by atoms with Crippen molar-refractivity contribution in [2.75, 3.05) is 17.7 Å². The number of halogens is 1. The molecular weight excluding hydrogens is 364 g/mol. The number of nitrogens with zero attached hydrogens (tertiary/aromatic N) is 4. The topological polar surface area (TPSA) is 76.9 Å². The number of benzene rings is 1. The largest absolute Gasteiger partial charge is 0.388 e. The van der Waals surface area contributed by atoms with Gasteiger partial charge in [0.25, 0.3) is 0 Å². The average Bonchev–Trinajstić information content (AvgIpc) is 3.32. The van der Waals surface area contributed by atoms with Crippen molar-refractivity contribution in [1.29, 1.82) is 0 Å². The molecule has 2 N–H and O–H groups in total. The van der Waals surface area contributed by atoms with Crippen LogP contribution in [0, 0.1) is 0 Å². The third-order valence-corrected chi connectivity index (χ3v) is 5.08. The molecule has 0 radical (unpaired) electrons. The molecule has 3 aromatic rings. The van der Waals surface area contributed by atoms with E-state index in [1.165, 1.54) is 0 Å². The highest BCUT2D eigenvalue weighted by molar-refractivity contribution is 6.28. The number of aromatic nitrogens is 4. The van der Waals surface area contributed by atoms with Gasteiger partial charge in [0.15, 0.2) is 11.9 Å². The fraction of sp³-hybridized carbons (Fsp3) is 0.421. The number of fused-ring (bicyclic) bond motifs is 1. The molecular formula is C19H23ClN6O. The van der Waals surface area contributed by atoms with Crippen molar-refractivity contribution < 1.29 is 4.74 Å². The van der Waals surface area contributed by atoms with Gasteiger partial charge in [-0.1, -0.05) is 19.1 Å². The van der Waals surface area contributed by atoms with E-state index in [0.29, 0.717) is 18.0 Å². The Bertz CT molecular complexity index is 943. The third-order valence-electron chi connectivity index (χ3n) is 4.92. The molecule has 27 heavy (non-hydrogen) atoms. The minimum Gasteiger partial charge on any atom is -0.388 e. The molecule has 142 valence electrons. The van der Waals surface area contributed by atoms with Crippen LogP contribution in [0.3, 0.4) is 0 Å². The summed E-state index contributed by atoms with van der Waals surface area (Å²) in [7, 11) is 1.91. The maximum Gasteiger partial charge on any atom is 0.226 e. The Hall–Kier alpha value is -2.38. The van der Waals surface area contributed by atoms with Gasteiger partial charge < -0.3 is 15.4 Å². The summed E-state index contributed by atoms with van der Waals surface area (Å²) in [6, 6.07) is 8.20. The number of hydrogen-bond acceptors (Lipinski definition) is 6. The quantitative estimate of drug-likeness (QED) is 0.617. The zero-order chi connectivity index (χ0) is 18.8. The van der Waals surface area contributed by atoms with Gasteiger partial charge in [0.2, 0.25) is 5.28 Å². The number of rotatable bonds is 6. The summed E-state index contributed by atoms with van der Waals surface area (Å²) in [6.07, 6.45) is 4.93. The van der Waals surface area contributed by atoms with Crippen LogP contribution < -0.4 is 10.6 Å². The van der Waals surface area contributed by atoms with Gasteiger partial charge in [-0.25, -0.2) is 4.68 Å². The lowest BCUT2D eigenvalue weighted by molar-refractivity contribution is -0.00403. The predicted octanol–water partition coefficient (Wildman–Crippen LogP) is 4.22. The van der Waals surface area contributed by atoms with Crippen LogP contribution in [0.15, 0.2) is 30.5 Å². The van der Waals surface area contributed by atoms with E-state index in [2.05, 4.69) is 44.8 Å². The van der Waals surface area contributed by atoms with Crippen molar-refractivity contribution in [3.63, 3.8) is 0 Å². The first kappa shape index (κ1) is 18.0. The highest BCUT2D eigenvalue weighted by Gasteiger charge is 2.28. The second-order valence-electron chi connectivity index (χ2n) is 6.67. The second-order valence-corrected chi connectivity index (χ2v) is 7.01. The monoisotopic (exact) mass is 386 g/mol. The molecule has 1 aromatic carbocycles. The number of nitrogens with one attached hydrogen (secondary N) is 2. The highest BCUT2D eigenvalue weighted by Crippen LogP contribution is 2.33. The van der Waals surface area contributed by atoms with Crippen LogP contribution in [0.5, 0.6) is 0 Å². The van der Waals surface area contributed by atoms with Crippen molar-refractivity contribution in [3.05, 3.63) is 41.3 Å². The summed E-state index contributed by atoms with van der Waals surface area (Å²) in [5.74, 6) is 0.677. The van der Waals surface area contributed by atoms with E-state index in [-0.39, 0.29) is 17.6 Å². The fourth-order valence-electron chi connectivity index (χ4n) is 3.43. The van der Waals surface area contributed by atoms with Crippen LogP contribution in [0.25, 0.3) is 11.0 Å². The molecule has 2 aromatic heterocycles. The van der Waals surface area contributed by atoms with Crippen LogP contribution in [-0.2, 0) is 11.3 Å². The van der Waals surface area contributed by atoms with Crippen LogP contribution in [-0.4, -0.2) is 32.9 Å². The van der Waals surface area contributed by atoms with E-state index in [1.807, 2.05) is 23.9 Å². The summed E-state index contributed by atoms with van der Waals surface area (Å²) >= 11 is 6.19. The molecule has 0 saturated carbocycles. The molecule has 1 aliphatic rings. The molecule has 1 saturated heterocycles. The Labute approximate surface area is 163 Å². The van der Waals surface area contributed by atoms with Gasteiger partial charge in [-0.3, -0.25) is 0 Å². The lowest BCUT2D eigenvalue weighted by Crippen LogP contribution is -2.12. The van der Waals surface area contributed by atoms with Crippen LogP contribution in [0.4, 0.5) is 11.5 Å². The Morgan fingerprint density at radius 3 is 2.96 bits per heavy atom. The SMILES string of the molecule is CCC1CCC(n2ncc3c(NCc4cccc(NC)c4)nc(Cl)nc32)O1. The molecule has 4 rings (SSSR count). The van der Waals surface area contributed by atoms with Gasteiger partial charge in [0.1, 0.15) is 5.82 Å². The number of hydrogen-bond donors (Lipinski definition) is 2. The van der Waals surface area contributed by atoms with E-state index < -0.39 is 0 Å². The van der Waals surface area contributed by atoms with Gasteiger partial charge in [0.05, 0.1) is 17.7 Å². The minimum absolute atomic E-state index is 0.0985. The van der Waals surface area contributed by atoms with E-state index in [1.54, 1.807) is 6.20 Å². The maximum absolute atomic E-state index is 6.19. The van der Waals surface area contributed by atoms with Crippen molar-refractivity contribution in [1.82, 2.24) is 19.7 Å². The molecule has 7 nitrogen and oxygen atoms in total. The van der Waals surface area contributed by atoms with Crippen molar-refractivity contribution in [3.8, 4) is 0 Å². The summed E-state index contributed by atoms with van der Waals surface area (Å²) in [6.45, 7) is 2.76. The summed E-state index contributed by atoms with van der Waals surface area (Å²) < 4.78 is 7.89. The molecule has 2 unspecified atom stereocenters. The molecule has 0 bridgehead atoms. The molecule has 0 spiro atoms. The lowest BCUT2D eigenvalue weighted by Gasteiger charge is -2.14. The van der Waals surface area contributed by atoms with Gasteiger partial charge in [-0.2, -0.15) is 15.1 Å². The number of anilines is 2. The zero-order valence-corrected chi connectivity index (χ0v) is 16.2. The molecule has 0 amide bonds. The third kappa shape index (κ3) is 3.70. The van der Waals surface area contributed by atoms with Crippen LogP contribution in [0.1, 0.15) is 38.0 Å².